The molecule has 0 bridgehead atoms. The number of alkyl halides is 3. The Hall–Kier alpha value is -1.92. The van der Waals surface area contributed by atoms with Crippen LogP contribution >= 0.6 is 0 Å². The first-order chi connectivity index (χ1) is 9.70. The molecule has 0 aromatic heterocycles. The fourth-order valence-electron chi connectivity index (χ4n) is 2.10. The summed E-state index contributed by atoms with van der Waals surface area (Å²) >= 11 is 0. The van der Waals surface area contributed by atoms with Crippen LogP contribution in [0.4, 0.5) is 18.9 Å². The Bertz CT molecular complexity index is 513. The fourth-order valence-corrected chi connectivity index (χ4v) is 2.10. The van der Waals surface area contributed by atoms with E-state index in [1.54, 1.807) is 0 Å². The second-order valence-corrected chi connectivity index (χ2v) is 5.15. The molecule has 0 amide bonds. The molecule has 0 unspecified atom stereocenters. The van der Waals surface area contributed by atoms with Crippen molar-refractivity contribution in [3.63, 3.8) is 0 Å². The molecule has 21 heavy (non-hydrogen) atoms. The minimum Gasteiger partial charge on any atom is -0.409 e. The van der Waals surface area contributed by atoms with Gasteiger partial charge < -0.3 is 15.8 Å². The van der Waals surface area contributed by atoms with Gasteiger partial charge >= 0.3 is 6.18 Å². The Morgan fingerprint density at radius 2 is 2.00 bits per heavy atom. The normalized spacial score (nSPS) is 12.8. The van der Waals surface area contributed by atoms with E-state index in [4.69, 9.17) is 10.9 Å². The summed E-state index contributed by atoms with van der Waals surface area (Å²) in [7, 11) is 0. The van der Waals surface area contributed by atoms with Gasteiger partial charge in [0.15, 0.2) is 5.84 Å². The second-order valence-electron chi connectivity index (χ2n) is 5.15. The molecule has 1 aromatic carbocycles. The zero-order valence-corrected chi connectivity index (χ0v) is 12.3. The maximum absolute atomic E-state index is 13.0. The summed E-state index contributed by atoms with van der Waals surface area (Å²) < 4.78 is 38.9. The highest BCUT2D eigenvalue weighted by molar-refractivity contribution is 5.99. The van der Waals surface area contributed by atoms with Crippen LogP contribution in [0.15, 0.2) is 23.4 Å². The third kappa shape index (κ3) is 4.27. The Labute approximate surface area is 122 Å². The molecule has 0 aliphatic carbocycles. The summed E-state index contributed by atoms with van der Waals surface area (Å²) in [6.07, 6.45) is -4.56. The van der Waals surface area contributed by atoms with Gasteiger partial charge in [-0.1, -0.05) is 19.0 Å². The van der Waals surface area contributed by atoms with Gasteiger partial charge in [0.2, 0.25) is 0 Å². The van der Waals surface area contributed by atoms with E-state index in [0.717, 1.165) is 6.07 Å². The summed E-state index contributed by atoms with van der Waals surface area (Å²) in [6, 6.07) is 3.68. The highest BCUT2D eigenvalue weighted by Crippen LogP contribution is 2.34. The molecule has 0 saturated carbocycles. The summed E-state index contributed by atoms with van der Waals surface area (Å²) in [6.45, 7) is 7.33. The number of nitrogens with zero attached hydrogens (tertiary/aromatic N) is 2. The summed E-state index contributed by atoms with van der Waals surface area (Å²) in [5.41, 5.74) is 4.77. The minimum atomic E-state index is -4.56. The lowest BCUT2D eigenvalue weighted by atomic mass is 10.0. The van der Waals surface area contributed by atoms with Crippen LogP contribution in [0, 0.1) is 5.92 Å². The SMILES string of the molecule is CCN(CC(C)C)c1ccc(C(F)(F)F)c(/C(N)=N/O)c1. The highest BCUT2D eigenvalue weighted by Gasteiger charge is 2.34. The van der Waals surface area contributed by atoms with Gasteiger partial charge in [-0.15, -0.1) is 0 Å². The van der Waals surface area contributed by atoms with Crippen LogP contribution in [-0.4, -0.2) is 24.1 Å². The van der Waals surface area contributed by atoms with Crippen LogP contribution in [0.5, 0.6) is 0 Å². The molecule has 0 aliphatic rings. The molecule has 0 atom stereocenters. The number of nitrogens with two attached hydrogens (primary N) is 1. The molecule has 1 rings (SSSR count). The maximum Gasteiger partial charge on any atom is 0.417 e. The van der Waals surface area contributed by atoms with E-state index in [9.17, 15) is 13.2 Å². The zero-order valence-electron chi connectivity index (χ0n) is 12.3. The van der Waals surface area contributed by atoms with E-state index in [0.29, 0.717) is 24.7 Å². The van der Waals surface area contributed by atoms with Gasteiger partial charge in [-0.05, 0) is 31.0 Å². The molecule has 7 heteroatoms. The third-order valence-electron chi connectivity index (χ3n) is 3.02. The van der Waals surface area contributed by atoms with Gasteiger partial charge in [0.1, 0.15) is 0 Å². The molecule has 0 fully saturated rings. The van der Waals surface area contributed by atoms with E-state index in [1.807, 2.05) is 25.7 Å². The van der Waals surface area contributed by atoms with E-state index in [1.165, 1.54) is 12.1 Å². The Morgan fingerprint density at radius 1 is 1.38 bits per heavy atom. The number of rotatable bonds is 5. The molecule has 0 saturated heterocycles. The molecule has 0 radical (unpaired) electrons. The first-order valence-corrected chi connectivity index (χ1v) is 6.64. The highest BCUT2D eigenvalue weighted by atomic mass is 19.4. The average Bonchev–Trinajstić information content (AvgIpc) is 2.42. The second kappa shape index (κ2) is 6.69. The predicted molar refractivity (Wildman–Crippen MR) is 76.7 cm³/mol. The van der Waals surface area contributed by atoms with Crippen LogP contribution in [0.1, 0.15) is 31.9 Å². The van der Waals surface area contributed by atoms with Crippen molar-refractivity contribution in [1.29, 1.82) is 0 Å². The summed E-state index contributed by atoms with van der Waals surface area (Å²) in [5.74, 6) is -0.190. The van der Waals surface area contributed by atoms with Crippen molar-refractivity contribution in [2.45, 2.75) is 26.9 Å². The number of anilines is 1. The van der Waals surface area contributed by atoms with Crippen molar-refractivity contribution < 1.29 is 18.4 Å². The molecule has 0 heterocycles. The lowest BCUT2D eigenvalue weighted by Crippen LogP contribution is -2.28. The van der Waals surface area contributed by atoms with E-state index in [-0.39, 0.29) is 5.56 Å². The number of hydrogen-bond donors (Lipinski definition) is 2. The van der Waals surface area contributed by atoms with Crippen molar-refractivity contribution in [3.05, 3.63) is 29.3 Å². The molecule has 4 nitrogen and oxygen atoms in total. The van der Waals surface area contributed by atoms with Gasteiger partial charge in [0.25, 0.3) is 0 Å². The summed E-state index contributed by atoms with van der Waals surface area (Å²) in [4.78, 5) is 1.94. The third-order valence-corrected chi connectivity index (χ3v) is 3.02. The van der Waals surface area contributed by atoms with Gasteiger partial charge in [-0.3, -0.25) is 0 Å². The van der Waals surface area contributed by atoms with Crippen molar-refractivity contribution >= 4 is 11.5 Å². The van der Waals surface area contributed by atoms with Crippen molar-refractivity contribution in [2.75, 3.05) is 18.0 Å². The molecule has 0 aliphatic heterocycles. The van der Waals surface area contributed by atoms with Gasteiger partial charge in [-0.2, -0.15) is 13.2 Å². The maximum atomic E-state index is 13.0. The minimum absolute atomic E-state index is 0.315. The molecule has 0 spiro atoms. The predicted octanol–water partition coefficient (Wildman–Crippen LogP) is 3.28. The Balaban J connectivity index is 3.33. The smallest absolute Gasteiger partial charge is 0.409 e. The van der Waals surface area contributed by atoms with Crippen molar-refractivity contribution in [1.82, 2.24) is 0 Å². The number of amidine groups is 1. The van der Waals surface area contributed by atoms with E-state index >= 15 is 0 Å². The zero-order chi connectivity index (χ0) is 16.2. The topological polar surface area (TPSA) is 61.8 Å². The van der Waals surface area contributed by atoms with Gasteiger partial charge in [0, 0.05) is 24.3 Å². The lowest BCUT2D eigenvalue weighted by Gasteiger charge is -2.26. The van der Waals surface area contributed by atoms with E-state index in [2.05, 4.69) is 5.16 Å². The monoisotopic (exact) mass is 303 g/mol. The number of hydrogen-bond acceptors (Lipinski definition) is 3. The Morgan fingerprint density at radius 3 is 2.43 bits per heavy atom. The van der Waals surface area contributed by atoms with Crippen LogP contribution in [0.25, 0.3) is 0 Å². The van der Waals surface area contributed by atoms with Gasteiger partial charge in [0.05, 0.1) is 5.56 Å². The van der Waals surface area contributed by atoms with Crippen LogP contribution < -0.4 is 10.6 Å². The van der Waals surface area contributed by atoms with Crippen molar-refractivity contribution in [3.8, 4) is 0 Å². The Kier molecular flexibility index (Phi) is 5.46. The molecule has 3 N–H and O–H groups in total. The standard InChI is InChI=1S/C14H20F3N3O/c1-4-20(8-9(2)3)10-5-6-12(14(15,16)17)11(7-10)13(18)19-21/h5-7,9,21H,4,8H2,1-3H3,(H2,18,19). The van der Waals surface area contributed by atoms with Crippen molar-refractivity contribution in [2.24, 2.45) is 16.8 Å². The summed E-state index contributed by atoms with van der Waals surface area (Å²) in [5, 5.41) is 11.4. The van der Waals surface area contributed by atoms with Crippen LogP contribution in [-0.2, 0) is 6.18 Å². The van der Waals surface area contributed by atoms with E-state index < -0.39 is 17.6 Å². The largest absolute Gasteiger partial charge is 0.417 e. The molecule has 1 aromatic rings. The molecular weight excluding hydrogens is 283 g/mol. The first kappa shape index (κ1) is 17.1. The average molecular weight is 303 g/mol. The van der Waals surface area contributed by atoms with Gasteiger partial charge in [-0.25, -0.2) is 0 Å². The van der Waals surface area contributed by atoms with Crippen LogP contribution in [0.2, 0.25) is 0 Å². The molecular formula is C14H20F3N3O. The van der Waals surface area contributed by atoms with Crippen LogP contribution in [0.3, 0.4) is 0 Å². The quantitative estimate of drug-likeness (QED) is 0.380. The number of oxime groups is 1. The number of benzene rings is 1. The number of halogens is 3. The fraction of sp³-hybridized carbons (Fsp3) is 0.500. The lowest BCUT2D eigenvalue weighted by molar-refractivity contribution is -0.137. The first-order valence-electron chi connectivity index (χ1n) is 6.64. The molecule has 118 valence electrons.